The standard InChI is InChI=1S/C14H19BrN2S2/c15-11-6-12(18-8-11)7-16-13-17-9-14(10-19-13)4-2-1-3-5-14/h6,8H,1-5,7,9-10H2,(H,16,17). The Morgan fingerprint density at radius 2 is 2.16 bits per heavy atom. The molecule has 2 aliphatic rings. The molecule has 1 aliphatic carbocycles. The SMILES string of the molecule is Brc1csc(CNC2=NCC3(CCCCC3)CS2)c1. The molecular formula is C14H19BrN2S2. The first kappa shape index (κ1) is 14.0. The molecular weight excluding hydrogens is 340 g/mol. The van der Waals surface area contributed by atoms with Crippen molar-refractivity contribution in [1.82, 2.24) is 5.32 Å². The first-order chi connectivity index (χ1) is 9.26. The van der Waals surface area contributed by atoms with Crippen LogP contribution in [0.2, 0.25) is 0 Å². The molecule has 0 bridgehead atoms. The van der Waals surface area contributed by atoms with Crippen LogP contribution in [0.5, 0.6) is 0 Å². The summed E-state index contributed by atoms with van der Waals surface area (Å²) in [4.78, 5) is 6.14. The lowest BCUT2D eigenvalue weighted by Gasteiger charge is -2.38. The van der Waals surface area contributed by atoms with E-state index in [4.69, 9.17) is 4.99 Å². The molecule has 1 fully saturated rings. The molecule has 1 saturated carbocycles. The fraction of sp³-hybridized carbons (Fsp3) is 0.643. The van der Waals surface area contributed by atoms with E-state index in [-0.39, 0.29) is 0 Å². The Morgan fingerprint density at radius 3 is 2.79 bits per heavy atom. The van der Waals surface area contributed by atoms with Crippen molar-refractivity contribution in [2.45, 2.75) is 38.6 Å². The van der Waals surface area contributed by atoms with Gasteiger partial charge in [-0.25, -0.2) is 0 Å². The predicted octanol–water partition coefficient (Wildman–Crippen LogP) is 4.65. The normalized spacial score (nSPS) is 22.3. The van der Waals surface area contributed by atoms with Crippen LogP contribution in [0.3, 0.4) is 0 Å². The molecule has 0 aromatic carbocycles. The van der Waals surface area contributed by atoms with E-state index in [0.717, 1.165) is 18.3 Å². The van der Waals surface area contributed by atoms with Crippen LogP contribution in [-0.4, -0.2) is 17.5 Å². The lowest BCUT2D eigenvalue weighted by atomic mass is 9.75. The van der Waals surface area contributed by atoms with Crippen LogP contribution in [-0.2, 0) is 6.54 Å². The minimum Gasteiger partial charge on any atom is -0.360 e. The molecule has 2 nitrogen and oxygen atoms in total. The van der Waals surface area contributed by atoms with E-state index >= 15 is 0 Å². The van der Waals surface area contributed by atoms with Crippen molar-refractivity contribution >= 4 is 44.2 Å². The second kappa shape index (κ2) is 6.19. The van der Waals surface area contributed by atoms with E-state index in [9.17, 15) is 0 Å². The van der Waals surface area contributed by atoms with Crippen LogP contribution in [0, 0.1) is 5.41 Å². The third kappa shape index (κ3) is 3.56. The summed E-state index contributed by atoms with van der Waals surface area (Å²) in [5.74, 6) is 1.26. The molecule has 104 valence electrons. The number of thiophene rings is 1. The van der Waals surface area contributed by atoms with Crippen molar-refractivity contribution in [3.63, 3.8) is 0 Å². The van der Waals surface area contributed by atoms with Gasteiger partial charge in [-0.15, -0.1) is 11.3 Å². The molecule has 2 heterocycles. The van der Waals surface area contributed by atoms with Gasteiger partial charge in [-0.3, -0.25) is 4.99 Å². The summed E-state index contributed by atoms with van der Waals surface area (Å²) >= 11 is 7.21. The smallest absolute Gasteiger partial charge is 0.156 e. The van der Waals surface area contributed by atoms with Crippen molar-refractivity contribution < 1.29 is 0 Å². The van der Waals surface area contributed by atoms with E-state index in [2.05, 4.69) is 32.7 Å². The summed E-state index contributed by atoms with van der Waals surface area (Å²) in [6.45, 7) is 1.94. The van der Waals surface area contributed by atoms with Crippen molar-refractivity contribution in [2.24, 2.45) is 10.4 Å². The number of rotatable bonds is 2. The van der Waals surface area contributed by atoms with Gasteiger partial charge in [-0.2, -0.15) is 0 Å². The second-order valence-electron chi connectivity index (χ2n) is 5.56. The fourth-order valence-electron chi connectivity index (χ4n) is 2.87. The molecule has 0 amide bonds. The van der Waals surface area contributed by atoms with Crippen LogP contribution in [0.4, 0.5) is 0 Å². The summed E-state index contributed by atoms with van der Waals surface area (Å²) in [5.41, 5.74) is 0.528. The molecule has 1 aromatic heterocycles. The molecule has 0 radical (unpaired) electrons. The lowest BCUT2D eigenvalue weighted by molar-refractivity contribution is 0.232. The van der Waals surface area contributed by atoms with Crippen molar-refractivity contribution in [3.05, 3.63) is 20.8 Å². The minimum absolute atomic E-state index is 0.528. The van der Waals surface area contributed by atoms with Gasteiger partial charge in [0.25, 0.3) is 0 Å². The molecule has 1 N–H and O–H groups in total. The average Bonchev–Trinajstić information content (AvgIpc) is 2.85. The first-order valence-corrected chi connectivity index (χ1v) is 9.56. The molecule has 0 unspecified atom stereocenters. The largest absolute Gasteiger partial charge is 0.360 e. The van der Waals surface area contributed by atoms with Gasteiger partial charge in [0.1, 0.15) is 0 Å². The summed E-state index contributed by atoms with van der Waals surface area (Å²) in [5, 5.41) is 6.74. The Kier molecular flexibility index (Phi) is 4.54. The average molecular weight is 359 g/mol. The zero-order chi connectivity index (χ0) is 13.1. The zero-order valence-electron chi connectivity index (χ0n) is 11.0. The molecule has 3 rings (SSSR count). The number of aliphatic imine (C=N–C) groups is 1. The van der Waals surface area contributed by atoms with Gasteiger partial charge in [-0.1, -0.05) is 31.0 Å². The van der Waals surface area contributed by atoms with Crippen molar-refractivity contribution in [2.75, 3.05) is 12.3 Å². The highest BCUT2D eigenvalue weighted by Crippen LogP contribution is 2.41. The Bertz CT molecular complexity index is 464. The van der Waals surface area contributed by atoms with Gasteiger partial charge in [0.15, 0.2) is 5.17 Å². The summed E-state index contributed by atoms with van der Waals surface area (Å²) in [6, 6.07) is 2.17. The number of nitrogens with one attached hydrogen (secondary N) is 1. The van der Waals surface area contributed by atoms with E-state index in [1.165, 1.54) is 47.2 Å². The molecule has 0 atom stereocenters. The number of nitrogens with zero attached hydrogens (tertiary/aromatic N) is 1. The van der Waals surface area contributed by atoms with E-state index in [1.807, 2.05) is 11.8 Å². The van der Waals surface area contributed by atoms with E-state index in [0.29, 0.717) is 5.41 Å². The summed E-state index contributed by atoms with van der Waals surface area (Å²) < 4.78 is 1.17. The number of amidine groups is 1. The van der Waals surface area contributed by atoms with Gasteiger partial charge < -0.3 is 5.32 Å². The van der Waals surface area contributed by atoms with Crippen LogP contribution in [0.15, 0.2) is 20.9 Å². The number of halogens is 1. The number of thioether (sulfide) groups is 1. The van der Waals surface area contributed by atoms with Crippen LogP contribution in [0.25, 0.3) is 0 Å². The summed E-state index contributed by atoms with van der Waals surface area (Å²) in [6.07, 6.45) is 7.00. The first-order valence-electron chi connectivity index (χ1n) is 6.90. The van der Waals surface area contributed by atoms with Gasteiger partial charge in [-0.05, 0) is 40.3 Å². The van der Waals surface area contributed by atoms with Crippen LogP contribution in [0.1, 0.15) is 37.0 Å². The maximum atomic E-state index is 4.79. The third-order valence-corrected chi connectivity index (χ3v) is 7.02. The number of hydrogen-bond acceptors (Lipinski definition) is 4. The monoisotopic (exact) mass is 358 g/mol. The predicted molar refractivity (Wildman–Crippen MR) is 89.1 cm³/mol. The Labute approximate surface area is 131 Å². The topological polar surface area (TPSA) is 24.4 Å². The van der Waals surface area contributed by atoms with Crippen LogP contribution < -0.4 is 5.32 Å². The zero-order valence-corrected chi connectivity index (χ0v) is 14.2. The second-order valence-corrected chi connectivity index (χ2v) is 8.43. The highest BCUT2D eigenvalue weighted by Gasteiger charge is 2.34. The fourth-order valence-corrected chi connectivity index (χ4v) is 5.42. The highest BCUT2D eigenvalue weighted by atomic mass is 79.9. The molecule has 1 aliphatic heterocycles. The van der Waals surface area contributed by atoms with Gasteiger partial charge in [0.05, 0.1) is 6.54 Å². The van der Waals surface area contributed by atoms with Crippen molar-refractivity contribution in [1.29, 1.82) is 0 Å². The maximum absolute atomic E-state index is 4.79. The third-order valence-electron chi connectivity index (χ3n) is 4.02. The molecule has 1 spiro atoms. The number of hydrogen-bond donors (Lipinski definition) is 1. The van der Waals surface area contributed by atoms with Crippen LogP contribution >= 0.6 is 39.0 Å². The Hall–Kier alpha value is -0.000000000000000111. The van der Waals surface area contributed by atoms with Gasteiger partial charge in [0.2, 0.25) is 0 Å². The molecule has 5 heteroatoms. The molecule has 19 heavy (non-hydrogen) atoms. The van der Waals surface area contributed by atoms with Gasteiger partial charge >= 0.3 is 0 Å². The van der Waals surface area contributed by atoms with Gasteiger partial charge in [0, 0.05) is 27.0 Å². The summed E-state index contributed by atoms with van der Waals surface area (Å²) in [7, 11) is 0. The quantitative estimate of drug-likeness (QED) is 0.831. The Morgan fingerprint density at radius 1 is 1.32 bits per heavy atom. The van der Waals surface area contributed by atoms with E-state index < -0.39 is 0 Å². The maximum Gasteiger partial charge on any atom is 0.156 e. The Balaban J connectivity index is 1.53. The highest BCUT2D eigenvalue weighted by molar-refractivity contribution is 9.10. The molecule has 0 saturated heterocycles. The molecule has 1 aromatic rings. The van der Waals surface area contributed by atoms with Crippen molar-refractivity contribution in [3.8, 4) is 0 Å². The lowest BCUT2D eigenvalue weighted by Crippen LogP contribution is -2.36. The minimum atomic E-state index is 0.528. The van der Waals surface area contributed by atoms with E-state index in [1.54, 1.807) is 11.3 Å².